The highest BCUT2D eigenvalue weighted by atomic mass is 16.2. The van der Waals surface area contributed by atoms with Gasteiger partial charge in [0.05, 0.1) is 0 Å². The summed E-state index contributed by atoms with van der Waals surface area (Å²) >= 11 is 0. The molecule has 2 aromatic rings. The molecule has 0 aliphatic rings. The Balaban J connectivity index is 2.06. The Morgan fingerprint density at radius 2 is 1.90 bits per heavy atom. The summed E-state index contributed by atoms with van der Waals surface area (Å²) in [6.45, 7) is 1.55. The van der Waals surface area contributed by atoms with Crippen LogP contribution in [0.25, 0.3) is 10.8 Å². The number of fused-ring (bicyclic) bond motifs is 1. The van der Waals surface area contributed by atoms with E-state index in [1.807, 2.05) is 31.1 Å². The molecule has 0 bridgehead atoms. The van der Waals surface area contributed by atoms with E-state index in [4.69, 9.17) is 0 Å². The van der Waals surface area contributed by atoms with Crippen LogP contribution in [-0.2, 0) is 11.3 Å². The maximum Gasteiger partial charge on any atom is 0.222 e. The van der Waals surface area contributed by atoms with Gasteiger partial charge in [0.15, 0.2) is 0 Å². The van der Waals surface area contributed by atoms with Crippen LogP contribution < -0.4 is 5.32 Å². The van der Waals surface area contributed by atoms with E-state index in [1.54, 1.807) is 0 Å². The monoisotopic (exact) mass is 270 g/mol. The van der Waals surface area contributed by atoms with Crippen LogP contribution in [0.2, 0.25) is 0 Å². The molecule has 0 fully saturated rings. The first-order valence-corrected chi connectivity index (χ1v) is 7.07. The van der Waals surface area contributed by atoms with Crippen LogP contribution in [0.5, 0.6) is 0 Å². The summed E-state index contributed by atoms with van der Waals surface area (Å²) in [5.74, 6) is 0.202. The minimum Gasteiger partial charge on any atom is -0.341 e. The third-order valence-electron chi connectivity index (χ3n) is 3.53. The van der Waals surface area contributed by atoms with E-state index in [0.29, 0.717) is 13.0 Å². The Hall–Kier alpha value is -1.87. The molecule has 0 aromatic heterocycles. The quantitative estimate of drug-likeness (QED) is 0.819. The lowest BCUT2D eigenvalue weighted by Gasteiger charge is -2.18. The molecule has 3 nitrogen and oxygen atoms in total. The van der Waals surface area contributed by atoms with E-state index in [0.717, 1.165) is 13.0 Å². The van der Waals surface area contributed by atoms with Crippen LogP contribution in [0.4, 0.5) is 0 Å². The molecule has 20 heavy (non-hydrogen) atoms. The summed E-state index contributed by atoms with van der Waals surface area (Å²) in [7, 11) is 3.79. The van der Waals surface area contributed by atoms with Crippen LogP contribution in [0.15, 0.2) is 42.5 Å². The number of carbonyl (C=O) groups is 1. The predicted molar refractivity (Wildman–Crippen MR) is 83.6 cm³/mol. The van der Waals surface area contributed by atoms with Crippen molar-refractivity contribution in [2.45, 2.75) is 19.4 Å². The zero-order chi connectivity index (χ0) is 14.4. The summed E-state index contributed by atoms with van der Waals surface area (Å²) in [6.07, 6.45) is 1.48. The molecule has 2 aromatic carbocycles. The average molecular weight is 270 g/mol. The second-order valence-electron chi connectivity index (χ2n) is 5.10. The molecular weight excluding hydrogens is 248 g/mol. The highest BCUT2D eigenvalue weighted by Crippen LogP contribution is 2.19. The highest BCUT2D eigenvalue weighted by Gasteiger charge is 2.10. The maximum atomic E-state index is 12.1. The van der Waals surface area contributed by atoms with Crippen LogP contribution >= 0.6 is 0 Å². The van der Waals surface area contributed by atoms with Crippen molar-refractivity contribution in [3.8, 4) is 0 Å². The van der Waals surface area contributed by atoms with E-state index in [1.165, 1.54) is 16.3 Å². The van der Waals surface area contributed by atoms with Gasteiger partial charge in [0.25, 0.3) is 0 Å². The van der Waals surface area contributed by atoms with E-state index >= 15 is 0 Å². The van der Waals surface area contributed by atoms with Crippen molar-refractivity contribution in [1.29, 1.82) is 0 Å². The minimum atomic E-state index is 0.202. The molecule has 0 atom stereocenters. The Kier molecular flexibility index (Phi) is 5.13. The molecule has 2 rings (SSSR count). The fraction of sp³-hybridized carbons (Fsp3) is 0.353. The van der Waals surface area contributed by atoms with Crippen molar-refractivity contribution < 1.29 is 4.79 Å². The molecule has 0 unspecified atom stereocenters. The van der Waals surface area contributed by atoms with Crippen LogP contribution in [0.3, 0.4) is 0 Å². The Morgan fingerprint density at radius 3 is 2.70 bits per heavy atom. The van der Waals surface area contributed by atoms with E-state index < -0.39 is 0 Å². The number of amides is 1. The van der Waals surface area contributed by atoms with Gasteiger partial charge in [0.1, 0.15) is 0 Å². The molecule has 3 heteroatoms. The standard InChI is InChI=1S/C17H22N2O/c1-18-12-6-11-17(20)19(2)13-15-9-5-8-14-7-3-4-10-16(14)15/h3-5,7-10,18H,6,11-13H2,1-2H3. The second-order valence-corrected chi connectivity index (χ2v) is 5.10. The van der Waals surface area contributed by atoms with Gasteiger partial charge in [0.2, 0.25) is 5.91 Å². The summed E-state index contributed by atoms with van der Waals surface area (Å²) in [6, 6.07) is 14.6. The Labute approximate surface area is 120 Å². The lowest BCUT2D eigenvalue weighted by atomic mass is 10.0. The number of nitrogens with zero attached hydrogens (tertiary/aromatic N) is 1. The van der Waals surface area contributed by atoms with E-state index in [2.05, 4.69) is 35.6 Å². The molecule has 0 saturated heterocycles. The van der Waals surface area contributed by atoms with Gasteiger partial charge in [-0.25, -0.2) is 0 Å². The average Bonchev–Trinajstić information content (AvgIpc) is 2.47. The highest BCUT2D eigenvalue weighted by molar-refractivity contribution is 5.86. The second kappa shape index (κ2) is 7.06. The van der Waals surface area contributed by atoms with Gasteiger partial charge in [-0.2, -0.15) is 0 Å². The zero-order valence-electron chi connectivity index (χ0n) is 12.2. The maximum absolute atomic E-state index is 12.1. The SMILES string of the molecule is CNCCCC(=O)N(C)Cc1cccc2ccccc12. The van der Waals surface area contributed by atoms with E-state index in [9.17, 15) is 4.79 Å². The van der Waals surface area contributed by atoms with Gasteiger partial charge < -0.3 is 10.2 Å². The first-order chi connectivity index (χ1) is 9.72. The van der Waals surface area contributed by atoms with Crippen molar-refractivity contribution in [3.63, 3.8) is 0 Å². The lowest BCUT2D eigenvalue weighted by Crippen LogP contribution is -2.26. The molecule has 0 heterocycles. The number of benzene rings is 2. The van der Waals surface area contributed by atoms with Gasteiger partial charge in [-0.1, -0.05) is 42.5 Å². The smallest absolute Gasteiger partial charge is 0.222 e. The van der Waals surface area contributed by atoms with Crippen molar-refractivity contribution in [2.24, 2.45) is 0 Å². The van der Waals surface area contributed by atoms with Crippen molar-refractivity contribution in [2.75, 3.05) is 20.6 Å². The summed E-state index contributed by atoms with van der Waals surface area (Å²) in [5.41, 5.74) is 1.20. The van der Waals surface area contributed by atoms with Crippen molar-refractivity contribution in [3.05, 3.63) is 48.0 Å². The van der Waals surface area contributed by atoms with Crippen molar-refractivity contribution in [1.82, 2.24) is 10.2 Å². The fourth-order valence-electron chi connectivity index (χ4n) is 2.38. The number of hydrogen-bond acceptors (Lipinski definition) is 2. The molecule has 1 amide bonds. The van der Waals surface area contributed by atoms with E-state index in [-0.39, 0.29) is 5.91 Å². The molecular formula is C17H22N2O. The first kappa shape index (κ1) is 14.5. The molecule has 0 spiro atoms. The number of nitrogens with one attached hydrogen (secondary N) is 1. The molecule has 0 aliphatic heterocycles. The third-order valence-corrected chi connectivity index (χ3v) is 3.53. The first-order valence-electron chi connectivity index (χ1n) is 7.07. The number of rotatable bonds is 6. The zero-order valence-corrected chi connectivity index (χ0v) is 12.2. The van der Waals surface area contributed by atoms with Gasteiger partial charge >= 0.3 is 0 Å². The molecule has 0 radical (unpaired) electrons. The van der Waals surface area contributed by atoms with Crippen LogP contribution in [0, 0.1) is 0 Å². The molecule has 0 aliphatic carbocycles. The van der Waals surface area contributed by atoms with Crippen molar-refractivity contribution >= 4 is 16.7 Å². The summed E-state index contributed by atoms with van der Waals surface area (Å²) in [4.78, 5) is 13.9. The number of hydrogen-bond donors (Lipinski definition) is 1. The minimum absolute atomic E-state index is 0.202. The Bertz CT molecular complexity index is 575. The Morgan fingerprint density at radius 1 is 1.15 bits per heavy atom. The molecule has 0 saturated carbocycles. The van der Waals surface area contributed by atoms with Gasteiger partial charge in [0, 0.05) is 20.0 Å². The van der Waals surface area contributed by atoms with Gasteiger partial charge in [-0.05, 0) is 36.3 Å². The van der Waals surface area contributed by atoms with Crippen LogP contribution in [0.1, 0.15) is 18.4 Å². The largest absolute Gasteiger partial charge is 0.341 e. The summed E-state index contributed by atoms with van der Waals surface area (Å²) < 4.78 is 0. The predicted octanol–water partition coefficient (Wildman–Crippen LogP) is 2.80. The summed E-state index contributed by atoms with van der Waals surface area (Å²) in [5, 5.41) is 5.52. The lowest BCUT2D eigenvalue weighted by molar-refractivity contribution is -0.130. The topological polar surface area (TPSA) is 32.3 Å². The van der Waals surface area contributed by atoms with Crippen LogP contribution in [-0.4, -0.2) is 31.4 Å². The third kappa shape index (κ3) is 3.58. The molecule has 106 valence electrons. The van der Waals surface area contributed by atoms with Gasteiger partial charge in [-0.15, -0.1) is 0 Å². The number of carbonyl (C=O) groups excluding carboxylic acids is 1. The fourth-order valence-corrected chi connectivity index (χ4v) is 2.38. The van der Waals surface area contributed by atoms with Gasteiger partial charge in [-0.3, -0.25) is 4.79 Å². The normalized spacial score (nSPS) is 10.7. The molecule has 1 N–H and O–H groups in total.